The number of nitrogens with one attached hydrogen (secondary N) is 1. The van der Waals surface area contributed by atoms with E-state index in [0.29, 0.717) is 4.47 Å². The Morgan fingerprint density at radius 1 is 1.75 bits per heavy atom. The number of carbonyl (C=O) groups is 1. The molecule has 0 fully saturated rings. The molecule has 2 N–H and O–H groups in total. The fourth-order valence-electron chi connectivity index (χ4n) is 0.946. The molecule has 1 aromatic heterocycles. The topological polar surface area (TPSA) is 105 Å². The minimum Gasteiger partial charge on any atom is -0.480 e. The van der Waals surface area contributed by atoms with E-state index in [1.165, 1.54) is 19.2 Å². The Balaban J connectivity index is 3.04. The van der Waals surface area contributed by atoms with E-state index in [2.05, 4.69) is 26.2 Å². The van der Waals surface area contributed by atoms with E-state index in [9.17, 15) is 14.9 Å². The standard InChI is InChI=1S/C8H8BrN3O4/c1-4(8(13)14)11-7-6(12(15)16)2-5(9)3-10-7/h2-4H,1H3,(H,10,11)(H,13,14). The van der Waals surface area contributed by atoms with E-state index in [1.807, 2.05) is 0 Å². The summed E-state index contributed by atoms with van der Waals surface area (Å²) in [7, 11) is 0. The zero-order valence-corrected chi connectivity index (χ0v) is 9.76. The first kappa shape index (κ1) is 12.4. The third-order valence-electron chi connectivity index (χ3n) is 1.75. The summed E-state index contributed by atoms with van der Waals surface area (Å²) in [5.74, 6) is -1.18. The van der Waals surface area contributed by atoms with Gasteiger partial charge in [0.15, 0.2) is 0 Å². The van der Waals surface area contributed by atoms with Gasteiger partial charge in [-0.25, -0.2) is 4.98 Å². The highest BCUT2D eigenvalue weighted by Crippen LogP contribution is 2.25. The van der Waals surface area contributed by atoms with E-state index < -0.39 is 16.9 Å². The molecule has 0 saturated carbocycles. The molecule has 0 aliphatic rings. The summed E-state index contributed by atoms with van der Waals surface area (Å²) in [5.41, 5.74) is -0.275. The van der Waals surface area contributed by atoms with Gasteiger partial charge in [-0.1, -0.05) is 0 Å². The summed E-state index contributed by atoms with van der Waals surface area (Å²) in [6.45, 7) is 1.37. The molecule has 0 bridgehead atoms. The van der Waals surface area contributed by atoms with Crippen molar-refractivity contribution in [2.45, 2.75) is 13.0 Å². The molecule has 1 unspecified atom stereocenters. The van der Waals surface area contributed by atoms with Gasteiger partial charge in [0, 0.05) is 16.7 Å². The van der Waals surface area contributed by atoms with Gasteiger partial charge in [0.25, 0.3) is 0 Å². The van der Waals surface area contributed by atoms with Gasteiger partial charge in [-0.3, -0.25) is 14.9 Å². The first-order chi connectivity index (χ1) is 7.41. The highest BCUT2D eigenvalue weighted by Gasteiger charge is 2.20. The van der Waals surface area contributed by atoms with Gasteiger partial charge in [0.2, 0.25) is 5.82 Å². The van der Waals surface area contributed by atoms with Crippen LogP contribution in [0.2, 0.25) is 0 Å². The Hall–Kier alpha value is -1.70. The summed E-state index contributed by atoms with van der Waals surface area (Å²) in [6.07, 6.45) is 1.35. The van der Waals surface area contributed by atoms with Crippen molar-refractivity contribution in [3.8, 4) is 0 Å². The Kier molecular flexibility index (Phi) is 3.78. The van der Waals surface area contributed by atoms with Crippen LogP contribution in [0, 0.1) is 10.1 Å². The van der Waals surface area contributed by atoms with Gasteiger partial charge >= 0.3 is 11.7 Å². The van der Waals surface area contributed by atoms with E-state index in [0.717, 1.165) is 0 Å². The summed E-state index contributed by atoms with van der Waals surface area (Å²) in [5, 5.41) is 21.8. The number of anilines is 1. The van der Waals surface area contributed by atoms with E-state index >= 15 is 0 Å². The third kappa shape index (κ3) is 2.89. The van der Waals surface area contributed by atoms with Crippen LogP contribution in [-0.2, 0) is 4.79 Å². The molecule has 0 aliphatic heterocycles. The molecule has 1 heterocycles. The predicted octanol–water partition coefficient (Wildman–Crippen LogP) is 1.64. The van der Waals surface area contributed by atoms with Crippen molar-refractivity contribution in [1.82, 2.24) is 4.98 Å². The van der Waals surface area contributed by atoms with Gasteiger partial charge in [-0.05, 0) is 22.9 Å². The maximum Gasteiger partial charge on any atom is 0.325 e. The van der Waals surface area contributed by atoms with Gasteiger partial charge in [-0.2, -0.15) is 0 Å². The number of hydrogen-bond acceptors (Lipinski definition) is 5. The number of aromatic nitrogens is 1. The number of nitro groups is 1. The van der Waals surface area contributed by atoms with Crippen molar-refractivity contribution in [2.75, 3.05) is 5.32 Å². The average Bonchev–Trinajstić information content (AvgIpc) is 2.20. The fraction of sp³-hybridized carbons (Fsp3) is 0.250. The lowest BCUT2D eigenvalue weighted by Crippen LogP contribution is -2.26. The van der Waals surface area contributed by atoms with E-state index in [-0.39, 0.29) is 11.5 Å². The summed E-state index contributed by atoms with van der Waals surface area (Å²) in [4.78, 5) is 24.4. The molecule has 1 atom stereocenters. The number of nitrogens with zero attached hydrogens (tertiary/aromatic N) is 2. The molecule has 0 saturated heterocycles. The fourth-order valence-corrected chi connectivity index (χ4v) is 1.26. The van der Waals surface area contributed by atoms with Crippen LogP contribution in [0.5, 0.6) is 0 Å². The number of aliphatic carboxylic acids is 1. The van der Waals surface area contributed by atoms with Gasteiger partial charge in [0.05, 0.1) is 4.92 Å². The van der Waals surface area contributed by atoms with Crippen molar-refractivity contribution in [2.24, 2.45) is 0 Å². The Labute approximate surface area is 98.8 Å². The molecule has 0 aliphatic carbocycles. The molecule has 1 rings (SSSR count). The maximum absolute atomic E-state index is 10.7. The Morgan fingerprint density at radius 3 is 2.88 bits per heavy atom. The van der Waals surface area contributed by atoms with Crippen LogP contribution in [-0.4, -0.2) is 27.0 Å². The zero-order chi connectivity index (χ0) is 12.3. The molecule has 0 amide bonds. The van der Waals surface area contributed by atoms with Crippen molar-refractivity contribution in [3.05, 3.63) is 26.9 Å². The number of carboxylic acid groups (broad SMARTS) is 1. The number of rotatable bonds is 4. The molecular weight excluding hydrogens is 282 g/mol. The Bertz CT molecular complexity index is 437. The first-order valence-electron chi connectivity index (χ1n) is 4.21. The average molecular weight is 290 g/mol. The molecule has 0 spiro atoms. The number of carboxylic acids is 1. The van der Waals surface area contributed by atoms with Crippen LogP contribution in [0.3, 0.4) is 0 Å². The lowest BCUT2D eigenvalue weighted by Gasteiger charge is -2.09. The number of hydrogen-bond donors (Lipinski definition) is 2. The second-order valence-electron chi connectivity index (χ2n) is 2.98. The van der Waals surface area contributed by atoms with E-state index in [4.69, 9.17) is 5.11 Å². The third-order valence-corrected chi connectivity index (χ3v) is 2.19. The maximum atomic E-state index is 10.7. The van der Waals surface area contributed by atoms with Gasteiger partial charge < -0.3 is 10.4 Å². The smallest absolute Gasteiger partial charge is 0.325 e. The SMILES string of the molecule is CC(Nc1ncc(Br)cc1[N+](=O)[O-])C(=O)O. The highest BCUT2D eigenvalue weighted by atomic mass is 79.9. The predicted molar refractivity (Wildman–Crippen MR) is 59.3 cm³/mol. The molecular formula is C8H8BrN3O4. The van der Waals surface area contributed by atoms with Crippen LogP contribution in [0.15, 0.2) is 16.7 Å². The largest absolute Gasteiger partial charge is 0.480 e. The first-order valence-corrected chi connectivity index (χ1v) is 5.00. The number of halogens is 1. The molecule has 86 valence electrons. The lowest BCUT2D eigenvalue weighted by atomic mass is 10.3. The second-order valence-corrected chi connectivity index (χ2v) is 3.90. The monoisotopic (exact) mass is 289 g/mol. The molecule has 7 nitrogen and oxygen atoms in total. The summed E-state index contributed by atoms with van der Waals surface area (Å²) < 4.78 is 0.452. The molecule has 16 heavy (non-hydrogen) atoms. The van der Waals surface area contributed by atoms with Gasteiger partial charge in [0.1, 0.15) is 6.04 Å². The minimum absolute atomic E-state index is 0.0666. The van der Waals surface area contributed by atoms with Crippen molar-refractivity contribution in [3.63, 3.8) is 0 Å². The van der Waals surface area contributed by atoms with Crippen LogP contribution < -0.4 is 5.32 Å². The van der Waals surface area contributed by atoms with Crippen molar-refractivity contribution in [1.29, 1.82) is 0 Å². The molecule has 0 radical (unpaired) electrons. The van der Waals surface area contributed by atoms with Crippen molar-refractivity contribution < 1.29 is 14.8 Å². The zero-order valence-electron chi connectivity index (χ0n) is 8.18. The Morgan fingerprint density at radius 2 is 2.38 bits per heavy atom. The summed E-state index contributed by atoms with van der Waals surface area (Å²) in [6, 6.07) is 0.302. The quantitative estimate of drug-likeness (QED) is 0.645. The highest BCUT2D eigenvalue weighted by molar-refractivity contribution is 9.10. The van der Waals surface area contributed by atoms with E-state index in [1.54, 1.807) is 0 Å². The normalized spacial score (nSPS) is 11.9. The van der Waals surface area contributed by atoms with Crippen LogP contribution >= 0.6 is 15.9 Å². The van der Waals surface area contributed by atoms with Gasteiger partial charge in [-0.15, -0.1) is 0 Å². The summed E-state index contributed by atoms with van der Waals surface area (Å²) >= 11 is 3.05. The molecule has 1 aromatic rings. The minimum atomic E-state index is -1.11. The molecule has 0 aromatic carbocycles. The van der Waals surface area contributed by atoms with Crippen molar-refractivity contribution >= 4 is 33.4 Å². The van der Waals surface area contributed by atoms with Crippen LogP contribution in [0.25, 0.3) is 0 Å². The second kappa shape index (κ2) is 4.88. The lowest BCUT2D eigenvalue weighted by molar-refractivity contribution is -0.384. The molecule has 8 heteroatoms. The number of pyridine rings is 1. The van der Waals surface area contributed by atoms with Crippen LogP contribution in [0.4, 0.5) is 11.5 Å². The van der Waals surface area contributed by atoms with Crippen LogP contribution in [0.1, 0.15) is 6.92 Å².